The molecule has 24 heavy (non-hydrogen) atoms. The van der Waals surface area contributed by atoms with Crippen LogP contribution < -0.4 is 4.74 Å². The van der Waals surface area contributed by atoms with Gasteiger partial charge in [0.15, 0.2) is 0 Å². The number of rotatable bonds is 7. The minimum Gasteiger partial charge on any atom is -0.497 e. The van der Waals surface area contributed by atoms with Crippen molar-refractivity contribution in [3.05, 3.63) is 65.2 Å². The van der Waals surface area contributed by atoms with Crippen LogP contribution in [0.1, 0.15) is 39.6 Å². The summed E-state index contributed by atoms with van der Waals surface area (Å²) in [6.07, 6.45) is 0.745. The average molecular weight is 328 g/mol. The molecule has 0 heterocycles. The molecular formula is C19H20O5. The zero-order chi connectivity index (χ0) is 17.4. The van der Waals surface area contributed by atoms with Crippen LogP contribution in [0, 0.1) is 0 Å². The Balaban J connectivity index is 1.97. The van der Waals surface area contributed by atoms with Gasteiger partial charge in [0.25, 0.3) is 0 Å². The van der Waals surface area contributed by atoms with Crippen LogP contribution in [0.4, 0.5) is 0 Å². The lowest BCUT2D eigenvalue weighted by Gasteiger charge is -2.07. The molecule has 2 aromatic carbocycles. The number of ether oxygens (including phenoxy) is 3. The molecule has 0 saturated heterocycles. The quantitative estimate of drug-likeness (QED) is 0.727. The molecular weight excluding hydrogens is 308 g/mol. The highest BCUT2D eigenvalue weighted by Crippen LogP contribution is 2.14. The highest BCUT2D eigenvalue weighted by Gasteiger charge is 2.12. The van der Waals surface area contributed by atoms with Gasteiger partial charge in [-0.1, -0.05) is 25.1 Å². The summed E-state index contributed by atoms with van der Waals surface area (Å²) in [5, 5.41) is 0. The first-order chi connectivity index (χ1) is 11.6. The lowest BCUT2D eigenvalue weighted by molar-refractivity contribution is 0.0472. The molecule has 0 saturated carbocycles. The fraction of sp³-hybridized carbons (Fsp3) is 0.263. The number of carbonyl (C=O) groups excluding carboxylic acids is 2. The standard InChI is InChI=1S/C19H20O5/c1-3-11-23-18(20)15-5-4-6-16(12-15)19(21)24-13-14-7-9-17(22-2)10-8-14/h4-10,12H,3,11,13H2,1-2H3. The summed E-state index contributed by atoms with van der Waals surface area (Å²) in [5.41, 5.74) is 1.50. The normalized spacial score (nSPS) is 10.1. The van der Waals surface area contributed by atoms with Crippen molar-refractivity contribution < 1.29 is 23.8 Å². The Hall–Kier alpha value is -2.82. The van der Waals surface area contributed by atoms with Gasteiger partial charge < -0.3 is 14.2 Å². The van der Waals surface area contributed by atoms with Crippen LogP contribution in [-0.4, -0.2) is 25.7 Å². The Labute approximate surface area is 141 Å². The van der Waals surface area contributed by atoms with E-state index in [1.54, 1.807) is 37.4 Å². The van der Waals surface area contributed by atoms with Gasteiger partial charge in [-0.05, 0) is 42.3 Å². The van der Waals surface area contributed by atoms with Crippen LogP contribution in [0.25, 0.3) is 0 Å². The molecule has 0 bridgehead atoms. The van der Waals surface area contributed by atoms with Crippen molar-refractivity contribution in [2.24, 2.45) is 0 Å². The van der Waals surface area contributed by atoms with E-state index >= 15 is 0 Å². The molecule has 5 heteroatoms. The van der Waals surface area contributed by atoms with Gasteiger partial charge in [-0.15, -0.1) is 0 Å². The highest BCUT2D eigenvalue weighted by atomic mass is 16.5. The lowest BCUT2D eigenvalue weighted by Crippen LogP contribution is -2.09. The van der Waals surface area contributed by atoms with Crippen molar-refractivity contribution in [2.45, 2.75) is 20.0 Å². The van der Waals surface area contributed by atoms with Gasteiger partial charge in [-0.3, -0.25) is 0 Å². The van der Waals surface area contributed by atoms with Crippen molar-refractivity contribution in [1.82, 2.24) is 0 Å². The zero-order valence-electron chi connectivity index (χ0n) is 13.8. The van der Waals surface area contributed by atoms with E-state index < -0.39 is 11.9 Å². The van der Waals surface area contributed by atoms with E-state index in [0.717, 1.165) is 17.7 Å². The summed E-state index contributed by atoms with van der Waals surface area (Å²) in [7, 11) is 1.59. The van der Waals surface area contributed by atoms with Crippen molar-refractivity contribution in [1.29, 1.82) is 0 Å². The molecule has 0 aliphatic rings. The summed E-state index contributed by atoms with van der Waals surface area (Å²) >= 11 is 0. The van der Waals surface area contributed by atoms with Crippen molar-refractivity contribution >= 4 is 11.9 Å². The van der Waals surface area contributed by atoms with Crippen molar-refractivity contribution in [3.63, 3.8) is 0 Å². The Bertz CT molecular complexity index is 691. The number of methoxy groups -OCH3 is 1. The van der Waals surface area contributed by atoms with Gasteiger partial charge in [-0.2, -0.15) is 0 Å². The maximum atomic E-state index is 12.1. The summed E-state index contributed by atoms with van der Waals surface area (Å²) in [6.45, 7) is 2.42. The number of hydrogen-bond acceptors (Lipinski definition) is 5. The third-order valence-electron chi connectivity index (χ3n) is 3.30. The van der Waals surface area contributed by atoms with E-state index in [2.05, 4.69) is 0 Å². The minimum absolute atomic E-state index is 0.146. The van der Waals surface area contributed by atoms with Gasteiger partial charge >= 0.3 is 11.9 Å². The molecule has 0 aliphatic heterocycles. The SMILES string of the molecule is CCCOC(=O)c1cccc(C(=O)OCc2ccc(OC)cc2)c1. The molecule has 5 nitrogen and oxygen atoms in total. The second-order valence-corrected chi connectivity index (χ2v) is 5.14. The molecule has 0 aliphatic carbocycles. The smallest absolute Gasteiger partial charge is 0.338 e. The minimum atomic E-state index is -0.490. The third kappa shape index (κ3) is 4.84. The monoisotopic (exact) mass is 328 g/mol. The van der Waals surface area contributed by atoms with E-state index in [4.69, 9.17) is 14.2 Å². The lowest BCUT2D eigenvalue weighted by atomic mass is 10.1. The molecule has 0 unspecified atom stereocenters. The molecule has 0 N–H and O–H groups in total. The Kier molecular flexibility index (Phi) is 6.37. The molecule has 0 fully saturated rings. The molecule has 0 amide bonds. The molecule has 0 atom stereocenters. The van der Waals surface area contributed by atoms with Crippen molar-refractivity contribution in [2.75, 3.05) is 13.7 Å². The van der Waals surface area contributed by atoms with E-state index in [1.807, 2.05) is 19.1 Å². The first kappa shape index (κ1) is 17.5. The number of hydrogen-bond donors (Lipinski definition) is 0. The Morgan fingerprint density at radius 2 is 1.54 bits per heavy atom. The van der Waals surface area contributed by atoms with Gasteiger partial charge in [0, 0.05) is 0 Å². The maximum absolute atomic E-state index is 12.1. The van der Waals surface area contributed by atoms with E-state index in [1.165, 1.54) is 6.07 Å². The number of benzene rings is 2. The zero-order valence-corrected chi connectivity index (χ0v) is 13.8. The molecule has 126 valence electrons. The Morgan fingerprint density at radius 1 is 0.917 bits per heavy atom. The topological polar surface area (TPSA) is 61.8 Å². The first-order valence-corrected chi connectivity index (χ1v) is 7.71. The van der Waals surface area contributed by atoms with Crippen LogP contribution in [0.3, 0.4) is 0 Å². The third-order valence-corrected chi connectivity index (χ3v) is 3.30. The van der Waals surface area contributed by atoms with Gasteiger partial charge in [0.1, 0.15) is 12.4 Å². The predicted molar refractivity (Wildman–Crippen MR) is 89.1 cm³/mol. The molecule has 2 rings (SSSR count). The van der Waals surface area contributed by atoms with Crippen LogP contribution in [-0.2, 0) is 16.1 Å². The van der Waals surface area contributed by atoms with Crippen LogP contribution >= 0.6 is 0 Å². The molecule has 0 radical (unpaired) electrons. The fourth-order valence-corrected chi connectivity index (χ4v) is 2.01. The summed E-state index contributed by atoms with van der Waals surface area (Å²) in [4.78, 5) is 24.0. The van der Waals surface area contributed by atoms with Crippen LogP contribution in [0.2, 0.25) is 0 Å². The summed E-state index contributed by atoms with van der Waals surface area (Å²) in [6, 6.07) is 13.6. The van der Waals surface area contributed by atoms with Crippen LogP contribution in [0.5, 0.6) is 5.75 Å². The Morgan fingerprint density at radius 3 is 2.12 bits per heavy atom. The predicted octanol–water partition coefficient (Wildman–Crippen LogP) is 3.62. The van der Waals surface area contributed by atoms with Gasteiger partial charge in [0.2, 0.25) is 0 Å². The van der Waals surface area contributed by atoms with Gasteiger partial charge in [-0.25, -0.2) is 9.59 Å². The second-order valence-electron chi connectivity index (χ2n) is 5.14. The van der Waals surface area contributed by atoms with E-state index in [0.29, 0.717) is 17.7 Å². The molecule has 2 aromatic rings. The molecule has 0 spiro atoms. The summed E-state index contributed by atoms with van der Waals surface area (Å²) < 4.78 is 15.4. The largest absolute Gasteiger partial charge is 0.497 e. The summed E-state index contributed by atoms with van der Waals surface area (Å²) in [5.74, 6) is -0.194. The maximum Gasteiger partial charge on any atom is 0.338 e. The fourth-order valence-electron chi connectivity index (χ4n) is 2.01. The second kappa shape index (κ2) is 8.72. The van der Waals surface area contributed by atoms with Gasteiger partial charge in [0.05, 0.1) is 24.8 Å². The van der Waals surface area contributed by atoms with Crippen molar-refractivity contribution in [3.8, 4) is 5.75 Å². The highest BCUT2D eigenvalue weighted by molar-refractivity contribution is 5.95. The van der Waals surface area contributed by atoms with E-state index in [-0.39, 0.29) is 6.61 Å². The van der Waals surface area contributed by atoms with Crippen LogP contribution in [0.15, 0.2) is 48.5 Å². The number of esters is 2. The molecule has 0 aromatic heterocycles. The average Bonchev–Trinajstić information content (AvgIpc) is 2.64. The number of carbonyl (C=O) groups is 2. The first-order valence-electron chi connectivity index (χ1n) is 7.71. The van der Waals surface area contributed by atoms with E-state index in [9.17, 15) is 9.59 Å².